The lowest BCUT2D eigenvalue weighted by Gasteiger charge is -2.27. The van der Waals surface area contributed by atoms with Crippen LogP contribution < -0.4 is 0 Å². The minimum atomic E-state index is -0.560. The van der Waals surface area contributed by atoms with Crippen LogP contribution in [0.25, 0.3) is 0 Å². The van der Waals surface area contributed by atoms with Crippen molar-refractivity contribution in [3.63, 3.8) is 0 Å². The van der Waals surface area contributed by atoms with Crippen molar-refractivity contribution < 1.29 is 9.59 Å². The molecule has 0 aromatic heterocycles. The summed E-state index contributed by atoms with van der Waals surface area (Å²) in [5, 5.41) is 1.03. The molecular formula is C27H25Cl2NO2. The van der Waals surface area contributed by atoms with Gasteiger partial charge in [-0.15, -0.1) is 0 Å². The lowest BCUT2D eigenvalue weighted by atomic mass is 9.78. The Balaban J connectivity index is 1.80. The van der Waals surface area contributed by atoms with Crippen molar-refractivity contribution in [2.75, 3.05) is 13.6 Å². The molecule has 1 aliphatic heterocycles. The number of carbonyl (C=O) groups is 2. The molecule has 5 heteroatoms. The van der Waals surface area contributed by atoms with Gasteiger partial charge in [0.15, 0.2) is 11.6 Å². The Kier molecular flexibility index (Phi) is 6.52. The van der Waals surface area contributed by atoms with Crippen LogP contribution in [-0.4, -0.2) is 30.1 Å². The Morgan fingerprint density at radius 3 is 1.88 bits per heavy atom. The molecule has 0 unspecified atom stereocenters. The Bertz CT molecular complexity index is 1160. The van der Waals surface area contributed by atoms with Crippen LogP contribution in [0.3, 0.4) is 0 Å². The van der Waals surface area contributed by atoms with E-state index >= 15 is 0 Å². The first kappa shape index (κ1) is 22.7. The normalized spacial score (nSPS) is 21.0. The number of ketones is 2. The van der Waals surface area contributed by atoms with Crippen LogP contribution >= 0.6 is 23.2 Å². The summed E-state index contributed by atoms with van der Waals surface area (Å²) in [5.74, 6) is -1.10. The molecule has 0 radical (unpaired) electrons. The Morgan fingerprint density at radius 2 is 1.34 bits per heavy atom. The number of likely N-dealkylation sites (tertiary alicyclic amines) is 1. The number of hydrogen-bond donors (Lipinski definition) is 0. The summed E-state index contributed by atoms with van der Waals surface area (Å²) in [4.78, 5) is 29.5. The molecule has 0 saturated carbocycles. The first-order chi connectivity index (χ1) is 15.3. The molecule has 32 heavy (non-hydrogen) atoms. The molecule has 0 amide bonds. The maximum absolute atomic E-state index is 13.8. The summed E-state index contributed by atoms with van der Waals surface area (Å²) >= 11 is 12.7. The number of aryl methyl sites for hydroxylation is 2. The second-order valence-corrected chi connectivity index (χ2v) is 9.49. The highest BCUT2D eigenvalue weighted by molar-refractivity contribution is 6.35. The minimum absolute atomic E-state index is 0.0186. The van der Waals surface area contributed by atoms with E-state index in [0.29, 0.717) is 27.7 Å². The Hall–Kier alpha value is -2.46. The molecule has 3 atom stereocenters. The van der Waals surface area contributed by atoms with Gasteiger partial charge in [0.05, 0.1) is 5.92 Å². The molecule has 164 valence electrons. The van der Waals surface area contributed by atoms with E-state index in [1.54, 1.807) is 12.1 Å². The van der Waals surface area contributed by atoms with Crippen molar-refractivity contribution in [1.29, 1.82) is 0 Å². The van der Waals surface area contributed by atoms with Gasteiger partial charge in [0, 0.05) is 39.7 Å². The van der Waals surface area contributed by atoms with Crippen LogP contribution in [0.2, 0.25) is 10.0 Å². The van der Waals surface area contributed by atoms with Crippen molar-refractivity contribution in [3.05, 3.63) is 105 Å². The van der Waals surface area contributed by atoms with E-state index in [-0.39, 0.29) is 17.6 Å². The third kappa shape index (κ3) is 4.38. The second kappa shape index (κ2) is 9.19. The monoisotopic (exact) mass is 465 g/mol. The van der Waals surface area contributed by atoms with Gasteiger partial charge in [-0.05, 0) is 38.6 Å². The zero-order chi connectivity index (χ0) is 23.0. The number of Topliss-reactive ketones (excluding diaryl/α,β-unsaturated/α-hetero) is 2. The van der Waals surface area contributed by atoms with Crippen molar-refractivity contribution in [3.8, 4) is 0 Å². The molecule has 0 bridgehead atoms. The van der Waals surface area contributed by atoms with E-state index in [4.69, 9.17) is 23.2 Å². The number of rotatable bonds is 5. The molecule has 0 aliphatic carbocycles. The largest absolute Gasteiger partial charge is 0.298 e. The summed E-state index contributed by atoms with van der Waals surface area (Å²) in [7, 11) is 1.94. The quantitative estimate of drug-likeness (QED) is 0.398. The van der Waals surface area contributed by atoms with Crippen LogP contribution in [0.1, 0.15) is 43.4 Å². The fourth-order valence-electron chi connectivity index (χ4n) is 4.62. The van der Waals surface area contributed by atoms with Crippen molar-refractivity contribution >= 4 is 34.8 Å². The molecule has 3 nitrogen and oxygen atoms in total. The highest BCUT2D eigenvalue weighted by Gasteiger charge is 2.48. The van der Waals surface area contributed by atoms with E-state index < -0.39 is 11.8 Å². The zero-order valence-electron chi connectivity index (χ0n) is 18.3. The SMILES string of the molecule is Cc1ccc(C(=O)[C@@H]2[C@@H](C(=O)c3ccc(C)cc3)CN(C)[C@@H]2c2ccc(Cl)cc2Cl)cc1. The van der Waals surface area contributed by atoms with Crippen molar-refractivity contribution in [2.24, 2.45) is 11.8 Å². The zero-order valence-corrected chi connectivity index (χ0v) is 19.8. The minimum Gasteiger partial charge on any atom is -0.298 e. The number of carbonyl (C=O) groups excluding carboxylic acids is 2. The molecule has 1 aliphatic rings. The highest BCUT2D eigenvalue weighted by atomic mass is 35.5. The van der Waals surface area contributed by atoms with Crippen LogP contribution in [0.15, 0.2) is 66.7 Å². The molecular weight excluding hydrogens is 441 g/mol. The third-order valence-corrected chi connectivity index (χ3v) is 6.89. The summed E-state index contributed by atoms with van der Waals surface area (Å²) in [5.41, 5.74) is 4.20. The van der Waals surface area contributed by atoms with Crippen LogP contribution in [0.5, 0.6) is 0 Å². The molecule has 1 saturated heterocycles. The summed E-state index contributed by atoms with van der Waals surface area (Å²) < 4.78 is 0. The van der Waals surface area contributed by atoms with Gasteiger partial charge in [-0.1, -0.05) is 88.9 Å². The molecule has 1 fully saturated rings. The molecule has 0 N–H and O–H groups in total. The average molecular weight is 466 g/mol. The fraction of sp³-hybridized carbons (Fsp3) is 0.259. The van der Waals surface area contributed by atoms with E-state index in [2.05, 4.69) is 4.90 Å². The first-order valence-electron chi connectivity index (χ1n) is 10.6. The van der Waals surface area contributed by atoms with Gasteiger partial charge in [0.1, 0.15) is 0 Å². The summed E-state index contributed by atoms with van der Waals surface area (Å²) in [6.07, 6.45) is 0. The van der Waals surface area contributed by atoms with Gasteiger partial charge < -0.3 is 0 Å². The van der Waals surface area contributed by atoms with E-state index in [1.165, 1.54) is 0 Å². The van der Waals surface area contributed by atoms with Gasteiger partial charge in [-0.2, -0.15) is 0 Å². The van der Waals surface area contributed by atoms with Crippen LogP contribution in [-0.2, 0) is 0 Å². The molecule has 1 heterocycles. The fourth-order valence-corrected chi connectivity index (χ4v) is 5.14. The topological polar surface area (TPSA) is 37.4 Å². The van der Waals surface area contributed by atoms with Gasteiger partial charge in [-0.3, -0.25) is 14.5 Å². The lowest BCUT2D eigenvalue weighted by molar-refractivity contribution is 0.0785. The van der Waals surface area contributed by atoms with Gasteiger partial charge in [0.25, 0.3) is 0 Å². The third-order valence-electron chi connectivity index (χ3n) is 6.33. The number of benzene rings is 3. The van der Waals surface area contributed by atoms with Crippen molar-refractivity contribution in [1.82, 2.24) is 4.90 Å². The van der Waals surface area contributed by atoms with E-state index in [1.807, 2.05) is 75.5 Å². The standard InChI is InChI=1S/C27H25Cl2NO2/c1-16-4-8-18(9-5-16)26(31)22-15-30(3)25(21-13-12-20(28)14-23(21)29)24(22)27(32)19-10-6-17(2)7-11-19/h4-14,22,24-25H,15H2,1-3H3/t22-,24+,25+/m0/s1. The Labute approximate surface area is 199 Å². The molecule has 4 rings (SSSR count). The van der Waals surface area contributed by atoms with Crippen LogP contribution in [0.4, 0.5) is 0 Å². The maximum Gasteiger partial charge on any atom is 0.168 e. The second-order valence-electron chi connectivity index (χ2n) is 8.64. The van der Waals surface area contributed by atoms with E-state index in [9.17, 15) is 9.59 Å². The predicted molar refractivity (Wildman–Crippen MR) is 130 cm³/mol. The average Bonchev–Trinajstić information content (AvgIpc) is 3.10. The molecule has 0 spiro atoms. The van der Waals surface area contributed by atoms with E-state index in [0.717, 1.165) is 16.7 Å². The first-order valence-corrected chi connectivity index (χ1v) is 11.4. The number of nitrogens with zero attached hydrogens (tertiary/aromatic N) is 1. The smallest absolute Gasteiger partial charge is 0.168 e. The Morgan fingerprint density at radius 1 is 0.812 bits per heavy atom. The van der Waals surface area contributed by atoms with Crippen LogP contribution in [0, 0.1) is 25.7 Å². The summed E-state index contributed by atoms with van der Waals surface area (Å²) in [6.45, 7) is 4.44. The highest BCUT2D eigenvalue weighted by Crippen LogP contribution is 2.45. The van der Waals surface area contributed by atoms with Gasteiger partial charge >= 0.3 is 0 Å². The van der Waals surface area contributed by atoms with Gasteiger partial charge in [-0.25, -0.2) is 0 Å². The van der Waals surface area contributed by atoms with Crippen molar-refractivity contribution in [2.45, 2.75) is 19.9 Å². The number of halogens is 2. The molecule has 3 aromatic rings. The lowest BCUT2D eigenvalue weighted by Crippen LogP contribution is -2.31. The predicted octanol–water partition coefficient (Wildman–Crippen LogP) is 6.59. The maximum atomic E-state index is 13.8. The summed E-state index contributed by atoms with van der Waals surface area (Å²) in [6, 6.07) is 20.1. The van der Waals surface area contributed by atoms with Gasteiger partial charge in [0.2, 0.25) is 0 Å². The number of hydrogen-bond acceptors (Lipinski definition) is 3. The molecule has 3 aromatic carbocycles.